The third-order valence-electron chi connectivity index (χ3n) is 3.99. The first-order valence-electron chi connectivity index (χ1n) is 6.90. The van der Waals surface area contributed by atoms with Gasteiger partial charge >= 0.3 is 0 Å². The van der Waals surface area contributed by atoms with Crippen molar-refractivity contribution >= 4 is 5.57 Å². The van der Waals surface area contributed by atoms with Crippen LogP contribution in [0.15, 0.2) is 36.7 Å². The van der Waals surface area contributed by atoms with E-state index < -0.39 is 0 Å². The number of aromatic nitrogens is 2. The third kappa shape index (κ3) is 2.36. The van der Waals surface area contributed by atoms with Crippen LogP contribution in [0.4, 0.5) is 4.39 Å². The van der Waals surface area contributed by atoms with Gasteiger partial charge in [-0.25, -0.2) is 14.4 Å². The number of aryl methyl sites for hydroxylation is 1. The average molecular weight is 268 g/mol. The molecule has 0 radical (unpaired) electrons. The molecule has 102 valence electrons. The molecule has 0 fully saturated rings. The summed E-state index contributed by atoms with van der Waals surface area (Å²) in [6.45, 7) is 3.73. The van der Waals surface area contributed by atoms with Gasteiger partial charge in [-0.05, 0) is 49.5 Å². The molecule has 0 N–H and O–H groups in total. The van der Waals surface area contributed by atoms with Crippen molar-refractivity contribution in [2.45, 2.75) is 32.6 Å². The summed E-state index contributed by atoms with van der Waals surface area (Å²) in [5, 5.41) is 0. The molecular weight excluding hydrogens is 251 g/mol. The second-order valence-electron chi connectivity index (χ2n) is 5.31. The highest BCUT2D eigenvalue weighted by Gasteiger charge is 2.21. The van der Waals surface area contributed by atoms with E-state index in [-0.39, 0.29) is 5.82 Å². The van der Waals surface area contributed by atoms with Crippen molar-refractivity contribution in [3.63, 3.8) is 0 Å². The molecule has 1 aromatic heterocycles. The largest absolute Gasteiger partial charge is 0.241 e. The van der Waals surface area contributed by atoms with E-state index in [1.54, 1.807) is 6.07 Å². The highest BCUT2D eigenvalue weighted by atomic mass is 19.1. The lowest BCUT2D eigenvalue weighted by atomic mass is 9.94. The minimum Gasteiger partial charge on any atom is -0.241 e. The summed E-state index contributed by atoms with van der Waals surface area (Å²) >= 11 is 0. The SMILES string of the molecule is Cc1ncc(C2=CC(c3cccc(F)c3C)CC2)cn1. The fraction of sp³-hybridized carbons (Fsp3) is 0.294. The molecule has 0 amide bonds. The van der Waals surface area contributed by atoms with Crippen molar-refractivity contribution in [1.82, 2.24) is 9.97 Å². The van der Waals surface area contributed by atoms with Gasteiger partial charge < -0.3 is 0 Å². The van der Waals surface area contributed by atoms with Crippen LogP contribution in [0, 0.1) is 19.7 Å². The summed E-state index contributed by atoms with van der Waals surface area (Å²) in [5.74, 6) is 0.954. The van der Waals surface area contributed by atoms with Gasteiger partial charge in [0.1, 0.15) is 11.6 Å². The monoisotopic (exact) mass is 268 g/mol. The minimum absolute atomic E-state index is 0.122. The maximum absolute atomic E-state index is 13.7. The molecule has 3 heteroatoms. The first-order valence-corrected chi connectivity index (χ1v) is 6.90. The molecule has 20 heavy (non-hydrogen) atoms. The molecule has 3 rings (SSSR count). The first-order chi connectivity index (χ1) is 9.65. The van der Waals surface area contributed by atoms with Crippen LogP contribution in [0.1, 0.15) is 41.3 Å². The molecule has 1 aliphatic rings. The van der Waals surface area contributed by atoms with Crippen molar-refractivity contribution in [2.24, 2.45) is 0 Å². The summed E-state index contributed by atoms with van der Waals surface area (Å²) in [6, 6.07) is 5.33. The summed E-state index contributed by atoms with van der Waals surface area (Å²) in [5.41, 5.74) is 4.19. The molecular formula is C17H17FN2. The Hall–Kier alpha value is -2.03. The van der Waals surface area contributed by atoms with E-state index in [0.29, 0.717) is 5.92 Å². The number of benzene rings is 1. The van der Waals surface area contributed by atoms with Crippen LogP contribution in [0.3, 0.4) is 0 Å². The Morgan fingerprint density at radius 3 is 2.65 bits per heavy atom. The van der Waals surface area contributed by atoms with E-state index in [1.807, 2.05) is 32.3 Å². The van der Waals surface area contributed by atoms with Crippen LogP contribution in [0.25, 0.3) is 5.57 Å². The maximum Gasteiger partial charge on any atom is 0.126 e. The van der Waals surface area contributed by atoms with Crippen LogP contribution in [0.5, 0.6) is 0 Å². The van der Waals surface area contributed by atoms with E-state index in [9.17, 15) is 4.39 Å². The Balaban J connectivity index is 1.91. The van der Waals surface area contributed by atoms with Crippen LogP contribution < -0.4 is 0 Å². The summed E-state index contributed by atoms with van der Waals surface area (Å²) in [4.78, 5) is 8.48. The number of nitrogens with zero attached hydrogens (tertiary/aromatic N) is 2. The lowest BCUT2D eigenvalue weighted by Gasteiger charge is -2.11. The molecule has 1 aliphatic carbocycles. The smallest absolute Gasteiger partial charge is 0.126 e. The topological polar surface area (TPSA) is 25.8 Å². The number of halogens is 1. The normalized spacial score (nSPS) is 18.1. The lowest BCUT2D eigenvalue weighted by Crippen LogP contribution is -1.96. The van der Waals surface area contributed by atoms with E-state index in [2.05, 4.69) is 16.0 Å². The average Bonchev–Trinajstić information content (AvgIpc) is 2.92. The van der Waals surface area contributed by atoms with E-state index in [1.165, 1.54) is 11.6 Å². The van der Waals surface area contributed by atoms with Gasteiger partial charge in [0.25, 0.3) is 0 Å². The van der Waals surface area contributed by atoms with Gasteiger partial charge in [-0.3, -0.25) is 0 Å². The zero-order chi connectivity index (χ0) is 14.1. The van der Waals surface area contributed by atoms with Crippen molar-refractivity contribution < 1.29 is 4.39 Å². The van der Waals surface area contributed by atoms with Crippen molar-refractivity contribution in [3.8, 4) is 0 Å². The Morgan fingerprint density at radius 1 is 1.15 bits per heavy atom. The number of hydrogen-bond acceptors (Lipinski definition) is 2. The highest BCUT2D eigenvalue weighted by Crippen LogP contribution is 2.38. The maximum atomic E-state index is 13.7. The Bertz CT molecular complexity index is 659. The van der Waals surface area contributed by atoms with Crippen LogP contribution in [-0.4, -0.2) is 9.97 Å². The molecule has 1 heterocycles. The van der Waals surface area contributed by atoms with E-state index >= 15 is 0 Å². The second kappa shape index (κ2) is 5.16. The number of hydrogen-bond donors (Lipinski definition) is 0. The Labute approximate surface area is 118 Å². The molecule has 1 aromatic carbocycles. The fourth-order valence-corrected chi connectivity index (χ4v) is 2.79. The fourth-order valence-electron chi connectivity index (χ4n) is 2.79. The van der Waals surface area contributed by atoms with E-state index in [0.717, 1.165) is 35.4 Å². The summed E-state index contributed by atoms with van der Waals surface area (Å²) in [7, 11) is 0. The molecule has 0 aliphatic heterocycles. The quantitative estimate of drug-likeness (QED) is 0.816. The van der Waals surface area contributed by atoms with Crippen molar-refractivity contribution in [1.29, 1.82) is 0 Å². The second-order valence-corrected chi connectivity index (χ2v) is 5.31. The summed E-state index contributed by atoms with van der Waals surface area (Å²) in [6.07, 6.45) is 7.99. The van der Waals surface area contributed by atoms with Crippen LogP contribution in [0.2, 0.25) is 0 Å². The zero-order valence-electron chi connectivity index (χ0n) is 11.7. The summed E-state index contributed by atoms with van der Waals surface area (Å²) < 4.78 is 13.7. The number of rotatable bonds is 2. The van der Waals surface area contributed by atoms with Crippen molar-refractivity contribution in [3.05, 3.63) is 65.0 Å². The van der Waals surface area contributed by atoms with E-state index in [4.69, 9.17) is 0 Å². The third-order valence-corrected chi connectivity index (χ3v) is 3.99. The van der Waals surface area contributed by atoms with Gasteiger partial charge in [0.2, 0.25) is 0 Å². The van der Waals surface area contributed by atoms with Gasteiger partial charge in [0, 0.05) is 23.9 Å². The van der Waals surface area contributed by atoms with Crippen LogP contribution in [-0.2, 0) is 0 Å². The Kier molecular flexibility index (Phi) is 3.35. The molecule has 0 spiro atoms. The zero-order valence-corrected chi connectivity index (χ0v) is 11.7. The molecule has 1 unspecified atom stereocenters. The molecule has 0 bridgehead atoms. The lowest BCUT2D eigenvalue weighted by molar-refractivity contribution is 0.612. The standard InChI is InChI=1S/C17H17FN2/c1-11-16(4-3-5-17(11)18)14-7-6-13(8-14)15-9-19-12(2)20-10-15/h3-5,8-10,14H,6-7H2,1-2H3. The van der Waals surface area contributed by atoms with Gasteiger partial charge in [0.15, 0.2) is 0 Å². The van der Waals surface area contributed by atoms with Crippen molar-refractivity contribution in [2.75, 3.05) is 0 Å². The van der Waals surface area contributed by atoms with Gasteiger partial charge in [-0.15, -0.1) is 0 Å². The van der Waals surface area contributed by atoms with Crippen LogP contribution >= 0.6 is 0 Å². The first kappa shape index (κ1) is 13.0. The molecule has 0 saturated carbocycles. The predicted octanol–water partition coefficient (Wildman–Crippen LogP) is 4.19. The van der Waals surface area contributed by atoms with Gasteiger partial charge in [-0.2, -0.15) is 0 Å². The Morgan fingerprint density at radius 2 is 1.90 bits per heavy atom. The molecule has 2 nitrogen and oxygen atoms in total. The molecule has 0 saturated heterocycles. The van der Waals surface area contributed by atoms with Gasteiger partial charge in [0.05, 0.1) is 0 Å². The number of allylic oxidation sites excluding steroid dienone is 2. The highest BCUT2D eigenvalue weighted by molar-refractivity contribution is 5.68. The molecule has 2 aromatic rings. The molecule has 1 atom stereocenters. The minimum atomic E-state index is -0.122. The van der Waals surface area contributed by atoms with Gasteiger partial charge in [-0.1, -0.05) is 18.2 Å². The predicted molar refractivity (Wildman–Crippen MR) is 77.9 cm³/mol.